The molecule has 0 radical (unpaired) electrons. The summed E-state index contributed by atoms with van der Waals surface area (Å²) in [5.74, 6) is -0.714. The van der Waals surface area contributed by atoms with E-state index in [4.69, 9.17) is 4.74 Å². The van der Waals surface area contributed by atoms with Crippen molar-refractivity contribution in [2.24, 2.45) is 0 Å². The number of methoxy groups -OCH3 is 1. The van der Waals surface area contributed by atoms with E-state index in [0.717, 1.165) is 4.31 Å². The van der Waals surface area contributed by atoms with Crippen molar-refractivity contribution < 1.29 is 27.1 Å². The molecule has 0 aromatic heterocycles. The third kappa shape index (κ3) is 6.66. The molecule has 0 aliphatic rings. The minimum Gasteiger partial charge on any atom is -0.497 e. The standard InChI is InChI=1S/C21H27FN4O5S/c1-14(27)23-7-8-24-21(28)15-9-17(12-19(11-15)32(29,30)26(2)3)25-13-16-10-18(31-4)5-6-20(16)22/h5-6,9-12,25H,7-8,13H2,1-4H3,(H,23,27)(H,24,28). The first-order chi connectivity index (χ1) is 15.0. The average Bonchev–Trinajstić information content (AvgIpc) is 2.75. The molecule has 32 heavy (non-hydrogen) atoms. The maximum atomic E-state index is 14.1. The highest BCUT2D eigenvalue weighted by Crippen LogP contribution is 2.23. The molecule has 0 heterocycles. The Morgan fingerprint density at radius 1 is 1.06 bits per heavy atom. The SMILES string of the molecule is COc1ccc(F)c(CNc2cc(C(=O)NCCNC(C)=O)cc(S(=O)(=O)N(C)C)c2)c1. The molecule has 2 rings (SSSR count). The molecule has 2 amide bonds. The lowest BCUT2D eigenvalue weighted by Gasteiger charge is -2.16. The van der Waals surface area contributed by atoms with Gasteiger partial charge in [-0.05, 0) is 36.4 Å². The lowest BCUT2D eigenvalue weighted by atomic mass is 10.1. The first-order valence-electron chi connectivity index (χ1n) is 9.71. The van der Waals surface area contributed by atoms with Crippen LogP contribution in [0.5, 0.6) is 5.75 Å². The van der Waals surface area contributed by atoms with E-state index in [0.29, 0.717) is 17.0 Å². The second kappa shape index (κ2) is 10.9. The van der Waals surface area contributed by atoms with E-state index < -0.39 is 21.7 Å². The highest BCUT2D eigenvalue weighted by Gasteiger charge is 2.20. The molecular weight excluding hydrogens is 439 g/mol. The van der Waals surface area contributed by atoms with Gasteiger partial charge in [0.1, 0.15) is 11.6 Å². The number of nitrogens with zero attached hydrogens (tertiary/aromatic N) is 1. The molecule has 0 atom stereocenters. The third-order valence-corrected chi connectivity index (χ3v) is 6.26. The number of anilines is 1. The van der Waals surface area contributed by atoms with Crippen LogP contribution in [-0.2, 0) is 21.4 Å². The molecule has 0 saturated carbocycles. The number of benzene rings is 2. The summed E-state index contributed by atoms with van der Waals surface area (Å²) < 4.78 is 45.6. The minimum absolute atomic E-state index is 0.0398. The van der Waals surface area contributed by atoms with Crippen molar-refractivity contribution in [3.63, 3.8) is 0 Å². The fourth-order valence-corrected chi connectivity index (χ4v) is 3.69. The molecule has 0 fully saturated rings. The fraction of sp³-hybridized carbons (Fsp3) is 0.333. The average molecular weight is 467 g/mol. The third-order valence-electron chi connectivity index (χ3n) is 4.47. The van der Waals surface area contributed by atoms with Crippen LogP contribution in [0.2, 0.25) is 0 Å². The number of carbonyl (C=O) groups is 2. The van der Waals surface area contributed by atoms with Gasteiger partial charge in [-0.25, -0.2) is 17.1 Å². The largest absolute Gasteiger partial charge is 0.497 e. The molecule has 3 N–H and O–H groups in total. The van der Waals surface area contributed by atoms with Crippen molar-refractivity contribution in [3.05, 3.63) is 53.3 Å². The van der Waals surface area contributed by atoms with Gasteiger partial charge < -0.3 is 20.7 Å². The number of carbonyl (C=O) groups excluding carboxylic acids is 2. The van der Waals surface area contributed by atoms with Crippen LogP contribution < -0.4 is 20.7 Å². The van der Waals surface area contributed by atoms with E-state index in [-0.39, 0.29) is 36.0 Å². The predicted molar refractivity (Wildman–Crippen MR) is 119 cm³/mol. The maximum Gasteiger partial charge on any atom is 0.251 e. The Morgan fingerprint density at radius 3 is 2.38 bits per heavy atom. The molecule has 11 heteroatoms. The van der Waals surface area contributed by atoms with Crippen LogP contribution in [0, 0.1) is 5.82 Å². The zero-order chi connectivity index (χ0) is 23.9. The van der Waals surface area contributed by atoms with Crippen LogP contribution in [-0.4, -0.2) is 58.8 Å². The van der Waals surface area contributed by atoms with Crippen molar-refractivity contribution in [2.45, 2.75) is 18.4 Å². The molecule has 0 aliphatic heterocycles. The number of nitrogens with one attached hydrogen (secondary N) is 3. The van der Waals surface area contributed by atoms with Gasteiger partial charge in [0.2, 0.25) is 15.9 Å². The van der Waals surface area contributed by atoms with E-state index in [2.05, 4.69) is 16.0 Å². The molecule has 0 bridgehead atoms. The maximum absolute atomic E-state index is 14.1. The van der Waals surface area contributed by atoms with Gasteiger partial charge in [0.15, 0.2) is 0 Å². The summed E-state index contributed by atoms with van der Waals surface area (Å²) in [6.45, 7) is 1.80. The summed E-state index contributed by atoms with van der Waals surface area (Å²) in [5, 5.41) is 8.14. The van der Waals surface area contributed by atoms with E-state index in [1.165, 1.54) is 64.5 Å². The first-order valence-corrected chi connectivity index (χ1v) is 11.1. The number of hydrogen-bond acceptors (Lipinski definition) is 6. The van der Waals surface area contributed by atoms with E-state index in [1.54, 1.807) is 0 Å². The Kier molecular flexibility index (Phi) is 8.56. The van der Waals surface area contributed by atoms with Crippen LogP contribution in [0.15, 0.2) is 41.3 Å². The van der Waals surface area contributed by atoms with E-state index in [9.17, 15) is 22.4 Å². The summed E-state index contributed by atoms with van der Waals surface area (Å²) in [5.41, 5.74) is 0.734. The van der Waals surface area contributed by atoms with Crippen molar-refractivity contribution in [3.8, 4) is 5.75 Å². The number of sulfonamides is 1. The van der Waals surface area contributed by atoms with Gasteiger partial charge in [-0.2, -0.15) is 0 Å². The van der Waals surface area contributed by atoms with Crippen LogP contribution in [0.1, 0.15) is 22.8 Å². The molecule has 9 nitrogen and oxygen atoms in total. The number of halogens is 1. The van der Waals surface area contributed by atoms with Crippen LogP contribution >= 0.6 is 0 Å². The lowest BCUT2D eigenvalue weighted by molar-refractivity contribution is -0.118. The highest BCUT2D eigenvalue weighted by atomic mass is 32.2. The second-order valence-corrected chi connectivity index (χ2v) is 9.24. The van der Waals surface area contributed by atoms with Crippen LogP contribution in [0.4, 0.5) is 10.1 Å². The lowest BCUT2D eigenvalue weighted by Crippen LogP contribution is -2.33. The summed E-state index contributed by atoms with van der Waals surface area (Å²) in [6, 6.07) is 8.41. The molecule has 0 spiro atoms. The zero-order valence-electron chi connectivity index (χ0n) is 18.4. The number of ether oxygens (including phenoxy) is 1. The van der Waals surface area contributed by atoms with Gasteiger partial charge in [0.25, 0.3) is 5.91 Å². The van der Waals surface area contributed by atoms with Crippen LogP contribution in [0.3, 0.4) is 0 Å². The first kappa shape index (κ1) is 25.1. The zero-order valence-corrected chi connectivity index (χ0v) is 19.2. The molecule has 0 aliphatic carbocycles. The predicted octanol–water partition coefficient (Wildman–Crippen LogP) is 1.56. The van der Waals surface area contributed by atoms with Crippen molar-refractivity contribution in [2.75, 3.05) is 39.6 Å². The Morgan fingerprint density at radius 2 is 1.75 bits per heavy atom. The summed E-state index contributed by atoms with van der Waals surface area (Å²) >= 11 is 0. The molecular formula is C21H27FN4O5S. The molecule has 0 unspecified atom stereocenters. The highest BCUT2D eigenvalue weighted by molar-refractivity contribution is 7.89. The van der Waals surface area contributed by atoms with Crippen LogP contribution in [0.25, 0.3) is 0 Å². The summed E-state index contributed by atoms with van der Waals surface area (Å²) in [4.78, 5) is 23.4. The van der Waals surface area contributed by atoms with Gasteiger partial charge in [-0.15, -0.1) is 0 Å². The second-order valence-electron chi connectivity index (χ2n) is 7.08. The van der Waals surface area contributed by atoms with Gasteiger partial charge in [-0.1, -0.05) is 0 Å². The topological polar surface area (TPSA) is 117 Å². The van der Waals surface area contributed by atoms with Crippen molar-refractivity contribution in [1.29, 1.82) is 0 Å². The molecule has 0 saturated heterocycles. The Hall–Kier alpha value is -3.18. The van der Waals surface area contributed by atoms with Gasteiger partial charge >= 0.3 is 0 Å². The quantitative estimate of drug-likeness (QED) is 0.458. The summed E-state index contributed by atoms with van der Waals surface area (Å²) in [6.07, 6.45) is 0. The normalized spacial score (nSPS) is 11.2. The number of hydrogen-bond donors (Lipinski definition) is 3. The van der Waals surface area contributed by atoms with Crippen molar-refractivity contribution >= 4 is 27.5 Å². The Balaban J connectivity index is 2.30. The Bertz CT molecular complexity index is 1090. The number of rotatable bonds is 10. The van der Waals surface area contributed by atoms with Gasteiger partial charge in [0, 0.05) is 57.5 Å². The fourth-order valence-electron chi connectivity index (χ4n) is 2.72. The molecule has 2 aromatic rings. The van der Waals surface area contributed by atoms with Gasteiger partial charge in [0.05, 0.1) is 12.0 Å². The van der Waals surface area contributed by atoms with Crippen molar-refractivity contribution in [1.82, 2.24) is 14.9 Å². The molecule has 2 aromatic carbocycles. The number of amides is 2. The smallest absolute Gasteiger partial charge is 0.251 e. The van der Waals surface area contributed by atoms with Gasteiger partial charge in [-0.3, -0.25) is 9.59 Å². The summed E-state index contributed by atoms with van der Waals surface area (Å²) in [7, 11) is 0.404. The molecule has 174 valence electrons. The minimum atomic E-state index is -3.83. The van der Waals surface area contributed by atoms with E-state index >= 15 is 0 Å². The van der Waals surface area contributed by atoms with E-state index in [1.807, 2.05) is 0 Å². The Labute approximate surface area is 187 Å². The monoisotopic (exact) mass is 466 g/mol.